The van der Waals surface area contributed by atoms with Crippen molar-refractivity contribution in [3.63, 3.8) is 0 Å². The van der Waals surface area contributed by atoms with Crippen molar-refractivity contribution in [1.82, 2.24) is 10.6 Å². The van der Waals surface area contributed by atoms with E-state index in [0.29, 0.717) is 17.9 Å². The molecule has 0 bridgehead atoms. The minimum Gasteiger partial charge on any atom is -0.341 e. The number of carbonyl (C=O) groups excluding carboxylic acids is 2. The summed E-state index contributed by atoms with van der Waals surface area (Å²) in [6, 6.07) is 8.65. The number of nitrogens with one attached hydrogen (secondary N) is 2. The fourth-order valence-corrected chi connectivity index (χ4v) is 3.30. The molecule has 5 nitrogen and oxygen atoms in total. The molecular weight excluding hydrogens is 302 g/mol. The van der Waals surface area contributed by atoms with Gasteiger partial charge in [-0.05, 0) is 30.9 Å². The first kappa shape index (κ1) is 18.0. The highest BCUT2D eigenvalue weighted by molar-refractivity contribution is 5.98. The molecule has 0 unspecified atom stereocenters. The Morgan fingerprint density at radius 1 is 1.25 bits per heavy atom. The summed E-state index contributed by atoms with van der Waals surface area (Å²) in [6.45, 7) is 1.83. The Labute approximate surface area is 143 Å². The molecule has 1 fully saturated rings. The van der Waals surface area contributed by atoms with Crippen LogP contribution in [0, 0.1) is 24.2 Å². The largest absolute Gasteiger partial charge is 0.341 e. The van der Waals surface area contributed by atoms with Crippen LogP contribution in [0.5, 0.6) is 0 Å². The minimum absolute atomic E-state index is 0.0414. The van der Waals surface area contributed by atoms with Crippen LogP contribution in [-0.2, 0) is 4.79 Å². The van der Waals surface area contributed by atoms with Crippen LogP contribution >= 0.6 is 0 Å². The highest BCUT2D eigenvalue weighted by Gasteiger charge is 2.26. The van der Waals surface area contributed by atoms with Crippen LogP contribution in [0.25, 0.3) is 0 Å². The maximum Gasteiger partial charge on any atom is 0.252 e. The first-order valence-corrected chi connectivity index (χ1v) is 8.63. The summed E-state index contributed by atoms with van der Waals surface area (Å²) >= 11 is 0. The van der Waals surface area contributed by atoms with Crippen LogP contribution in [0.4, 0.5) is 0 Å². The van der Waals surface area contributed by atoms with E-state index in [1.54, 1.807) is 6.07 Å². The summed E-state index contributed by atoms with van der Waals surface area (Å²) in [7, 11) is 0. The molecule has 0 heterocycles. The Bertz CT molecular complexity index is 615. The fourth-order valence-electron chi connectivity index (χ4n) is 3.30. The number of amides is 2. The summed E-state index contributed by atoms with van der Waals surface area (Å²) in [5.74, 6) is -0.0566. The third-order valence-electron chi connectivity index (χ3n) is 4.65. The van der Waals surface area contributed by atoms with Crippen molar-refractivity contribution in [3.8, 4) is 6.07 Å². The SMILES string of the molecule is Cc1ccccc1C(=O)N[C@@H](CC1CCCCC1)C(=O)NCC#N. The number of aryl methyl sites for hydroxylation is 1. The topological polar surface area (TPSA) is 82.0 Å². The molecule has 2 amide bonds. The maximum atomic E-state index is 12.5. The van der Waals surface area contributed by atoms with Gasteiger partial charge in [-0.1, -0.05) is 50.3 Å². The van der Waals surface area contributed by atoms with E-state index in [0.717, 1.165) is 18.4 Å². The zero-order valence-electron chi connectivity index (χ0n) is 14.2. The molecular formula is C19H25N3O2. The van der Waals surface area contributed by atoms with Gasteiger partial charge in [0.1, 0.15) is 12.6 Å². The standard InChI is InChI=1S/C19H25N3O2/c1-14-7-5-6-10-16(14)18(23)22-17(19(24)21-12-11-20)13-15-8-3-2-4-9-15/h5-7,10,15,17H,2-4,8-9,12-13H2,1H3,(H,21,24)(H,22,23)/t17-/m0/s1. The second-order valence-corrected chi connectivity index (χ2v) is 6.46. The molecule has 2 rings (SSSR count). The van der Waals surface area contributed by atoms with Crippen LogP contribution in [0.1, 0.15) is 54.4 Å². The lowest BCUT2D eigenvalue weighted by Gasteiger charge is -2.26. The van der Waals surface area contributed by atoms with Gasteiger partial charge in [0.25, 0.3) is 5.91 Å². The zero-order chi connectivity index (χ0) is 17.4. The Balaban J connectivity index is 2.06. The number of benzene rings is 1. The van der Waals surface area contributed by atoms with Gasteiger partial charge in [-0.15, -0.1) is 0 Å². The highest BCUT2D eigenvalue weighted by atomic mass is 16.2. The van der Waals surface area contributed by atoms with Gasteiger partial charge in [0.15, 0.2) is 0 Å². The van der Waals surface area contributed by atoms with Crippen molar-refractivity contribution >= 4 is 11.8 Å². The zero-order valence-corrected chi connectivity index (χ0v) is 14.2. The van der Waals surface area contributed by atoms with E-state index in [-0.39, 0.29) is 18.4 Å². The number of nitrogens with zero attached hydrogens (tertiary/aromatic N) is 1. The Hall–Kier alpha value is -2.35. The molecule has 0 aliphatic heterocycles. The van der Waals surface area contributed by atoms with Gasteiger partial charge in [-0.2, -0.15) is 5.26 Å². The second-order valence-electron chi connectivity index (χ2n) is 6.46. The van der Waals surface area contributed by atoms with E-state index in [1.165, 1.54) is 19.3 Å². The number of hydrogen-bond donors (Lipinski definition) is 2. The quantitative estimate of drug-likeness (QED) is 0.788. The summed E-state index contributed by atoms with van der Waals surface area (Å²) in [6.07, 6.45) is 6.45. The molecule has 0 aromatic heterocycles. The predicted octanol–water partition coefficient (Wildman–Crippen LogP) is 2.70. The number of carbonyl (C=O) groups is 2. The van der Waals surface area contributed by atoms with E-state index < -0.39 is 6.04 Å². The maximum absolute atomic E-state index is 12.5. The first-order chi connectivity index (χ1) is 11.6. The average Bonchev–Trinajstić information content (AvgIpc) is 2.60. The van der Waals surface area contributed by atoms with Crippen molar-refractivity contribution in [2.24, 2.45) is 5.92 Å². The van der Waals surface area contributed by atoms with Crippen molar-refractivity contribution in [1.29, 1.82) is 5.26 Å². The van der Waals surface area contributed by atoms with Crippen molar-refractivity contribution in [3.05, 3.63) is 35.4 Å². The van der Waals surface area contributed by atoms with E-state index in [1.807, 2.05) is 31.2 Å². The van der Waals surface area contributed by atoms with Crippen LogP contribution in [0.3, 0.4) is 0 Å². The van der Waals surface area contributed by atoms with Gasteiger partial charge in [-0.25, -0.2) is 0 Å². The molecule has 0 saturated heterocycles. The van der Waals surface area contributed by atoms with Crippen molar-refractivity contribution in [2.45, 2.75) is 51.5 Å². The molecule has 1 aliphatic rings. The molecule has 0 spiro atoms. The Morgan fingerprint density at radius 2 is 1.96 bits per heavy atom. The van der Waals surface area contributed by atoms with Gasteiger partial charge in [0, 0.05) is 5.56 Å². The van der Waals surface area contributed by atoms with Gasteiger partial charge in [0.05, 0.1) is 6.07 Å². The third-order valence-corrected chi connectivity index (χ3v) is 4.65. The minimum atomic E-state index is -0.589. The highest BCUT2D eigenvalue weighted by Crippen LogP contribution is 2.27. The molecule has 1 aromatic carbocycles. The molecule has 2 N–H and O–H groups in total. The number of rotatable bonds is 6. The summed E-state index contributed by atoms with van der Waals surface area (Å²) in [5, 5.41) is 14.1. The average molecular weight is 327 g/mol. The van der Waals surface area contributed by atoms with Crippen LogP contribution in [-0.4, -0.2) is 24.4 Å². The Morgan fingerprint density at radius 3 is 2.62 bits per heavy atom. The molecule has 5 heteroatoms. The van der Waals surface area contributed by atoms with E-state index in [2.05, 4.69) is 10.6 Å². The van der Waals surface area contributed by atoms with Crippen molar-refractivity contribution < 1.29 is 9.59 Å². The number of hydrogen-bond acceptors (Lipinski definition) is 3. The van der Waals surface area contributed by atoms with E-state index in [9.17, 15) is 9.59 Å². The fraction of sp³-hybridized carbons (Fsp3) is 0.526. The third kappa shape index (κ3) is 5.09. The molecule has 1 atom stereocenters. The summed E-state index contributed by atoms with van der Waals surface area (Å²) < 4.78 is 0. The van der Waals surface area contributed by atoms with E-state index >= 15 is 0 Å². The van der Waals surface area contributed by atoms with Gasteiger partial charge in [0.2, 0.25) is 5.91 Å². The lowest BCUT2D eigenvalue weighted by Crippen LogP contribution is -2.48. The normalized spacial score (nSPS) is 16.0. The summed E-state index contributed by atoms with van der Waals surface area (Å²) in [5.41, 5.74) is 1.46. The van der Waals surface area contributed by atoms with Crippen LogP contribution in [0.2, 0.25) is 0 Å². The van der Waals surface area contributed by atoms with Crippen LogP contribution in [0.15, 0.2) is 24.3 Å². The second kappa shape index (κ2) is 9.07. The molecule has 0 radical (unpaired) electrons. The molecule has 1 aliphatic carbocycles. The van der Waals surface area contributed by atoms with Crippen LogP contribution < -0.4 is 10.6 Å². The predicted molar refractivity (Wildman–Crippen MR) is 92.2 cm³/mol. The van der Waals surface area contributed by atoms with Gasteiger partial charge in [-0.3, -0.25) is 9.59 Å². The number of nitriles is 1. The van der Waals surface area contributed by atoms with Gasteiger partial charge < -0.3 is 10.6 Å². The van der Waals surface area contributed by atoms with E-state index in [4.69, 9.17) is 5.26 Å². The molecule has 128 valence electrons. The Kier molecular flexibility index (Phi) is 6.80. The van der Waals surface area contributed by atoms with Gasteiger partial charge >= 0.3 is 0 Å². The smallest absolute Gasteiger partial charge is 0.252 e. The van der Waals surface area contributed by atoms with Crippen molar-refractivity contribution in [2.75, 3.05) is 6.54 Å². The lowest BCUT2D eigenvalue weighted by molar-refractivity contribution is -0.123. The first-order valence-electron chi connectivity index (χ1n) is 8.63. The lowest BCUT2D eigenvalue weighted by atomic mass is 9.84. The molecule has 1 aromatic rings. The monoisotopic (exact) mass is 327 g/mol. The molecule has 24 heavy (non-hydrogen) atoms. The summed E-state index contributed by atoms with van der Waals surface area (Å²) in [4.78, 5) is 24.9. The molecule has 1 saturated carbocycles.